The minimum absolute atomic E-state index is 0.519. The van der Waals surface area contributed by atoms with E-state index < -0.39 is 15.5 Å². The molecule has 0 saturated carbocycles. The maximum Gasteiger partial charge on any atom is 0.696 e. The zero-order valence-corrected chi connectivity index (χ0v) is 16.3. The molecule has 0 saturated heterocycles. The van der Waals surface area contributed by atoms with Crippen molar-refractivity contribution in [1.82, 2.24) is 0 Å². The lowest BCUT2D eigenvalue weighted by Crippen LogP contribution is -2.07. The summed E-state index contributed by atoms with van der Waals surface area (Å²) < 4.78 is 18.3. The van der Waals surface area contributed by atoms with Crippen LogP contribution in [-0.2, 0) is 13.6 Å². The van der Waals surface area contributed by atoms with Crippen LogP contribution in [-0.4, -0.2) is 39.4 Å². The highest BCUT2D eigenvalue weighted by atomic mass is 31.2. The molecule has 20 heavy (non-hydrogen) atoms. The van der Waals surface area contributed by atoms with E-state index in [9.17, 15) is 4.57 Å². The van der Waals surface area contributed by atoms with Crippen LogP contribution in [0.1, 0.15) is 59.3 Å². The van der Waals surface area contributed by atoms with Gasteiger partial charge in [-0.15, -0.1) is 9.05 Å². The van der Waals surface area contributed by atoms with Crippen molar-refractivity contribution in [2.45, 2.75) is 59.3 Å². The van der Waals surface area contributed by atoms with E-state index in [-0.39, 0.29) is 0 Å². The minimum Gasteiger partial charge on any atom is -0.122 e. The van der Waals surface area contributed by atoms with Crippen molar-refractivity contribution in [1.29, 1.82) is 0 Å². The molecule has 122 valence electrons. The van der Waals surface area contributed by atoms with Gasteiger partial charge in [-0.3, -0.25) is 0 Å². The van der Waals surface area contributed by atoms with Gasteiger partial charge >= 0.3 is 8.25 Å². The Hall–Kier alpha value is 0.450. The first-order valence-electron chi connectivity index (χ1n) is 7.88. The number of rotatable bonds is 11. The quantitative estimate of drug-likeness (QED) is 0.439. The Morgan fingerprint density at radius 2 is 1.10 bits per heavy atom. The fourth-order valence-electron chi connectivity index (χ4n) is 2.03. The van der Waals surface area contributed by atoms with Crippen molar-refractivity contribution in [3.05, 3.63) is 0 Å². The van der Waals surface area contributed by atoms with E-state index in [1.165, 1.54) is 52.7 Å². The predicted octanol–water partition coefficient (Wildman–Crippen LogP) is 5.97. The highest BCUT2D eigenvalue weighted by Gasteiger charge is 2.28. The molecule has 0 fully saturated rings. The fraction of sp³-hybridized carbons (Fsp3) is 1.00. The first-order valence-corrected chi connectivity index (χ1v) is 11.8. The Morgan fingerprint density at radius 3 is 1.25 bits per heavy atom. The molecule has 0 N–H and O–H groups in total. The average Bonchev–Trinajstić information content (AvgIpc) is 2.49. The zero-order chi connectivity index (χ0) is 15.9. The van der Waals surface area contributed by atoms with Crippen LogP contribution >= 0.6 is 15.5 Å². The third-order valence-corrected chi connectivity index (χ3v) is 8.24. The Balaban J connectivity index is 0. The molecule has 0 heterocycles. The zero-order valence-electron chi connectivity index (χ0n) is 14.5. The van der Waals surface area contributed by atoms with Crippen LogP contribution in [0.5, 0.6) is 0 Å². The van der Waals surface area contributed by atoms with Crippen LogP contribution in [0.2, 0.25) is 0 Å². The molecule has 0 aromatic heterocycles. The fourth-order valence-corrected chi connectivity index (χ4v) is 6.09. The molecule has 0 aromatic rings. The van der Waals surface area contributed by atoms with E-state index in [0.29, 0.717) is 0 Å². The smallest absolute Gasteiger partial charge is 0.122 e. The summed E-state index contributed by atoms with van der Waals surface area (Å²) in [6, 6.07) is 0. The lowest BCUT2D eigenvalue weighted by atomic mass is 10.4. The molecule has 0 aliphatic carbocycles. The lowest BCUT2D eigenvalue weighted by Gasteiger charge is -2.22. The molecular weight excluding hydrogens is 290 g/mol. The summed E-state index contributed by atoms with van der Waals surface area (Å²) in [5.41, 5.74) is 0. The minimum atomic E-state index is -1.83. The first kappa shape index (κ1) is 22.7. The van der Waals surface area contributed by atoms with Crippen LogP contribution < -0.4 is 0 Å². The van der Waals surface area contributed by atoms with E-state index in [2.05, 4.69) is 36.5 Å². The van der Waals surface area contributed by atoms with Crippen molar-refractivity contribution in [2.75, 3.05) is 39.4 Å². The van der Waals surface area contributed by atoms with Crippen molar-refractivity contribution in [3.8, 4) is 0 Å². The normalized spacial score (nSPS) is 10.9. The average molecular weight is 326 g/mol. The maximum atomic E-state index is 9.88. The standard InChI is InChI=1S/C13H30P.C2H6O3P/c1-5-8-11-14(4,12-9-6-2)13-10-7-3;1-4-6(3)5-2/h5-13H2,1-4H3;1-2H3/q2*+1. The Labute approximate surface area is 128 Å². The molecule has 0 radical (unpaired) electrons. The second-order valence-corrected chi connectivity index (χ2v) is 11.2. The third kappa shape index (κ3) is 14.9. The number of hydrogen-bond acceptors (Lipinski definition) is 3. The van der Waals surface area contributed by atoms with Gasteiger partial charge in [-0.05, 0) is 19.3 Å². The van der Waals surface area contributed by atoms with Crippen LogP contribution in [0, 0.1) is 0 Å². The van der Waals surface area contributed by atoms with Gasteiger partial charge in [-0.2, -0.15) is 0 Å². The molecule has 0 bridgehead atoms. The predicted molar refractivity (Wildman–Crippen MR) is 93.8 cm³/mol. The van der Waals surface area contributed by atoms with Gasteiger partial charge in [0.25, 0.3) is 0 Å². The second kappa shape index (κ2) is 15.8. The van der Waals surface area contributed by atoms with E-state index in [0.717, 1.165) is 0 Å². The maximum absolute atomic E-state index is 9.88. The molecule has 5 heteroatoms. The van der Waals surface area contributed by atoms with Crippen molar-refractivity contribution in [2.24, 2.45) is 0 Å². The van der Waals surface area contributed by atoms with Gasteiger partial charge in [-0.1, -0.05) is 40.0 Å². The summed E-state index contributed by atoms with van der Waals surface area (Å²) in [7, 11) is 0.298. The molecule has 0 rings (SSSR count). The van der Waals surface area contributed by atoms with Gasteiger partial charge in [0.15, 0.2) is 0 Å². The number of unbranched alkanes of at least 4 members (excludes halogenated alkanes) is 3. The molecule has 0 aromatic carbocycles. The van der Waals surface area contributed by atoms with Gasteiger partial charge in [0.1, 0.15) is 0 Å². The van der Waals surface area contributed by atoms with E-state index in [1.54, 1.807) is 18.5 Å². The SMILES string of the molecule is CCCC[P+](C)(CCCC)CCCC.CO[P+](=O)OC. The van der Waals surface area contributed by atoms with Gasteiger partial charge in [-0.25, -0.2) is 0 Å². The monoisotopic (exact) mass is 326 g/mol. The first-order chi connectivity index (χ1) is 9.49. The second-order valence-electron chi connectivity index (χ2n) is 5.44. The number of hydrogen-bond donors (Lipinski definition) is 0. The van der Waals surface area contributed by atoms with Crippen LogP contribution in [0.4, 0.5) is 0 Å². The Kier molecular flexibility index (Phi) is 18.0. The largest absolute Gasteiger partial charge is 0.696 e. The summed E-state index contributed by atoms with van der Waals surface area (Å²) in [4.78, 5) is 0. The van der Waals surface area contributed by atoms with Crippen molar-refractivity contribution >= 4 is 15.5 Å². The van der Waals surface area contributed by atoms with Crippen LogP contribution in [0.3, 0.4) is 0 Å². The van der Waals surface area contributed by atoms with Crippen LogP contribution in [0.15, 0.2) is 0 Å². The summed E-state index contributed by atoms with van der Waals surface area (Å²) in [6.07, 6.45) is 13.2. The molecule has 0 atom stereocenters. The summed E-state index contributed by atoms with van der Waals surface area (Å²) in [5, 5.41) is 0. The summed E-state index contributed by atoms with van der Waals surface area (Å²) in [6.45, 7) is 9.59. The van der Waals surface area contributed by atoms with E-state index in [4.69, 9.17) is 0 Å². The highest BCUT2D eigenvalue weighted by molar-refractivity contribution is 7.75. The molecule has 0 unspecified atom stereocenters. The molecule has 0 aliphatic heterocycles. The molecule has 0 spiro atoms. The van der Waals surface area contributed by atoms with Gasteiger partial charge in [0.2, 0.25) is 0 Å². The van der Waals surface area contributed by atoms with Crippen molar-refractivity contribution < 1.29 is 13.6 Å². The Morgan fingerprint density at radius 1 is 0.800 bits per heavy atom. The topological polar surface area (TPSA) is 35.5 Å². The van der Waals surface area contributed by atoms with Crippen LogP contribution in [0.25, 0.3) is 0 Å². The van der Waals surface area contributed by atoms with Gasteiger partial charge in [0, 0.05) is 18.5 Å². The van der Waals surface area contributed by atoms with Gasteiger partial charge < -0.3 is 0 Å². The molecule has 0 aliphatic rings. The third-order valence-electron chi connectivity index (χ3n) is 3.45. The lowest BCUT2D eigenvalue weighted by molar-refractivity contribution is 0.302. The highest BCUT2D eigenvalue weighted by Crippen LogP contribution is 2.57. The van der Waals surface area contributed by atoms with E-state index in [1.807, 2.05) is 0 Å². The van der Waals surface area contributed by atoms with Gasteiger partial charge in [0.05, 0.1) is 32.7 Å². The summed E-state index contributed by atoms with van der Waals surface area (Å²) >= 11 is 0. The van der Waals surface area contributed by atoms with E-state index >= 15 is 0 Å². The molecular formula is C15H36O3P2+2. The summed E-state index contributed by atoms with van der Waals surface area (Å²) in [5.74, 6) is 0. The molecule has 3 nitrogen and oxygen atoms in total. The molecule has 0 amide bonds. The van der Waals surface area contributed by atoms with Crippen molar-refractivity contribution in [3.63, 3.8) is 0 Å². The Bertz CT molecular complexity index is 195.